The summed E-state index contributed by atoms with van der Waals surface area (Å²) < 4.78 is 44.1. The van der Waals surface area contributed by atoms with Gasteiger partial charge in [0.15, 0.2) is 0 Å². The Balaban J connectivity index is 1.75. The molecule has 1 aromatic heterocycles. The monoisotopic (exact) mass is 411 g/mol. The number of carbonyl (C=O) groups is 1. The lowest BCUT2D eigenvalue weighted by Gasteiger charge is -2.11. The average Bonchev–Trinajstić information content (AvgIpc) is 2.96. The first-order chi connectivity index (χ1) is 13.8. The predicted octanol–water partition coefficient (Wildman–Crippen LogP) is 4.23. The maximum Gasteiger partial charge on any atom is 0.261 e. The summed E-state index contributed by atoms with van der Waals surface area (Å²) in [4.78, 5) is 11.3. The minimum atomic E-state index is -3.92. The summed E-state index contributed by atoms with van der Waals surface area (Å²) in [6.45, 7) is 1.25. The van der Waals surface area contributed by atoms with E-state index >= 15 is 0 Å². The number of fused-ring (bicyclic) bond motifs is 3. The largest absolute Gasteiger partial charge is 0.344 e. The maximum absolute atomic E-state index is 13.8. The van der Waals surface area contributed by atoms with E-state index < -0.39 is 21.7 Å². The molecule has 0 saturated heterocycles. The lowest BCUT2D eigenvalue weighted by atomic mass is 10.1. The van der Waals surface area contributed by atoms with Gasteiger partial charge < -0.3 is 9.88 Å². The number of amides is 1. The summed E-state index contributed by atoms with van der Waals surface area (Å²) in [6.07, 6.45) is 0. The average molecular weight is 411 g/mol. The van der Waals surface area contributed by atoms with Crippen molar-refractivity contribution in [2.75, 3.05) is 10.0 Å². The molecule has 8 heteroatoms. The molecule has 0 aliphatic carbocycles. The van der Waals surface area contributed by atoms with Crippen molar-refractivity contribution in [3.05, 3.63) is 66.5 Å². The van der Waals surface area contributed by atoms with Crippen LogP contribution in [0.1, 0.15) is 6.92 Å². The van der Waals surface area contributed by atoms with Crippen molar-refractivity contribution in [3.63, 3.8) is 0 Å². The van der Waals surface area contributed by atoms with Crippen molar-refractivity contribution < 1.29 is 17.6 Å². The van der Waals surface area contributed by atoms with Gasteiger partial charge in [0.25, 0.3) is 10.0 Å². The van der Waals surface area contributed by atoms with Crippen LogP contribution in [0.5, 0.6) is 0 Å². The summed E-state index contributed by atoms with van der Waals surface area (Å²) in [5.41, 5.74) is 1.97. The number of hydrogen-bond donors (Lipinski definition) is 2. The lowest BCUT2D eigenvalue weighted by Crippen LogP contribution is -2.14. The Labute approximate surface area is 167 Å². The third kappa shape index (κ3) is 3.42. The molecule has 3 aromatic carbocycles. The Morgan fingerprint density at radius 1 is 0.966 bits per heavy atom. The second kappa shape index (κ2) is 6.89. The molecule has 148 valence electrons. The molecule has 0 fully saturated rings. The standard InChI is InChI=1S/C21H18FN3O3S/c1-13(26)23-19-11-14(7-9-18(19)22)24-29(27,28)15-8-10-21-17(12-15)16-5-3-4-6-20(16)25(21)2/h3-12,24H,1-2H3,(H,23,26). The van der Waals surface area contributed by atoms with Crippen LogP contribution >= 0.6 is 0 Å². The molecule has 4 rings (SSSR count). The summed E-state index contributed by atoms with van der Waals surface area (Å²) in [5, 5.41) is 4.11. The van der Waals surface area contributed by atoms with Gasteiger partial charge in [-0.05, 0) is 42.5 Å². The van der Waals surface area contributed by atoms with Crippen molar-refractivity contribution in [2.24, 2.45) is 7.05 Å². The molecule has 6 nitrogen and oxygen atoms in total. The fourth-order valence-electron chi connectivity index (χ4n) is 3.40. The molecule has 1 amide bonds. The molecule has 4 aromatic rings. The van der Waals surface area contributed by atoms with E-state index in [0.29, 0.717) is 0 Å². The number of rotatable bonds is 4. The normalized spacial score (nSPS) is 11.7. The molecule has 2 N–H and O–H groups in total. The summed E-state index contributed by atoms with van der Waals surface area (Å²) >= 11 is 0. The van der Waals surface area contributed by atoms with E-state index in [-0.39, 0.29) is 16.3 Å². The Hall–Kier alpha value is -3.39. The first kappa shape index (κ1) is 18.9. The molecule has 1 heterocycles. The molecule has 0 aliphatic rings. The Morgan fingerprint density at radius 2 is 1.69 bits per heavy atom. The van der Waals surface area contributed by atoms with Crippen molar-refractivity contribution in [3.8, 4) is 0 Å². The fourth-order valence-corrected chi connectivity index (χ4v) is 4.48. The molecule has 0 saturated carbocycles. The number of halogens is 1. The molecule has 0 bridgehead atoms. The molecule has 0 aliphatic heterocycles. The fraction of sp³-hybridized carbons (Fsp3) is 0.0952. The number of hydrogen-bond acceptors (Lipinski definition) is 3. The quantitative estimate of drug-likeness (QED) is 0.527. The summed E-state index contributed by atoms with van der Waals surface area (Å²) in [7, 11) is -1.99. The van der Waals surface area contributed by atoms with Gasteiger partial charge in [-0.25, -0.2) is 12.8 Å². The van der Waals surface area contributed by atoms with Crippen LogP contribution in [0.25, 0.3) is 21.8 Å². The lowest BCUT2D eigenvalue weighted by molar-refractivity contribution is -0.114. The molecule has 0 atom stereocenters. The van der Waals surface area contributed by atoms with E-state index in [0.717, 1.165) is 27.9 Å². The van der Waals surface area contributed by atoms with Crippen LogP contribution in [0.4, 0.5) is 15.8 Å². The highest BCUT2D eigenvalue weighted by atomic mass is 32.2. The van der Waals surface area contributed by atoms with Crippen LogP contribution in [0.2, 0.25) is 0 Å². The minimum absolute atomic E-state index is 0.0896. The molecule has 0 spiro atoms. The third-order valence-electron chi connectivity index (χ3n) is 4.72. The van der Waals surface area contributed by atoms with Gasteiger partial charge >= 0.3 is 0 Å². The zero-order chi connectivity index (χ0) is 20.8. The van der Waals surface area contributed by atoms with E-state index in [1.54, 1.807) is 12.1 Å². The number of nitrogens with one attached hydrogen (secondary N) is 2. The Bertz CT molecular complexity index is 1380. The van der Waals surface area contributed by atoms with Crippen LogP contribution in [0.3, 0.4) is 0 Å². The predicted molar refractivity (Wildman–Crippen MR) is 112 cm³/mol. The SMILES string of the molecule is CC(=O)Nc1cc(NS(=O)(=O)c2ccc3c(c2)c2ccccc2n3C)ccc1F. The second-order valence-corrected chi connectivity index (χ2v) is 8.42. The highest BCUT2D eigenvalue weighted by Crippen LogP contribution is 2.30. The van der Waals surface area contributed by atoms with Crippen LogP contribution in [0, 0.1) is 5.82 Å². The zero-order valence-corrected chi connectivity index (χ0v) is 16.5. The number of carbonyl (C=O) groups excluding carboxylic acids is 1. The second-order valence-electron chi connectivity index (χ2n) is 6.74. The molecule has 29 heavy (non-hydrogen) atoms. The van der Waals surface area contributed by atoms with Gasteiger partial charge in [0, 0.05) is 35.8 Å². The van der Waals surface area contributed by atoms with Gasteiger partial charge in [0.05, 0.1) is 16.3 Å². The Morgan fingerprint density at radius 3 is 2.45 bits per heavy atom. The molecule has 0 unspecified atom stereocenters. The number of benzene rings is 3. The smallest absolute Gasteiger partial charge is 0.261 e. The highest BCUT2D eigenvalue weighted by molar-refractivity contribution is 7.92. The Kier molecular flexibility index (Phi) is 4.50. The number of anilines is 2. The van der Waals surface area contributed by atoms with Gasteiger partial charge in [0.1, 0.15) is 5.82 Å². The van der Waals surface area contributed by atoms with Gasteiger partial charge in [-0.1, -0.05) is 18.2 Å². The number of para-hydroxylation sites is 1. The zero-order valence-electron chi connectivity index (χ0n) is 15.7. The van der Waals surface area contributed by atoms with Crippen LogP contribution in [0.15, 0.2) is 65.6 Å². The van der Waals surface area contributed by atoms with Gasteiger partial charge in [-0.2, -0.15) is 0 Å². The number of aromatic nitrogens is 1. The molecular weight excluding hydrogens is 393 g/mol. The number of nitrogens with zero attached hydrogens (tertiary/aromatic N) is 1. The van der Waals surface area contributed by atoms with E-state index in [1.807, 2.05) is 35.9 Å². The van der Waals surface area contributed by atoms with Gasteiger partial charge in [0.2, 0.25) is 5.91 Å². The van der Waals surface area contributed by atoms with E-state index in [4.69, 9.17) is 0 Å². The minimum Gasteiger partial charge on any atom is -0.344 e. The summed E-state index contributed by atoms with van der Waals surface area (Å²) in [5.74, 6) is -1.11. The number of sulfonamides is 1. The van der Waals surface area contributed by atoms with Crippen molar-refractivity contribution >= 4 is 49.1 Å². The van der Waals surface area contributed by atoms with Crippen LogP contribution in [-0.4, -0.2) is 18.9 Å². The van der Waals surface area contributed by atoms with Gasteiger partial charge in [-0.3, -0.25) is 9.52 Å². The highest BCUT2D eigenvalue weighted by Gasteiger charge is 2.18. The van der Waals surface area contributed by atoms with Crippen molar-refractivity contribution in [1.82, 2.24) is 4.57 Å². The van der Waals surface area contributed by atoms with E-state index in [9.17, 15) is 17.6 Å². The maximum atomic E-state index is 13.8. The third-order valence-corrected chi connectivity index (χ3v) is 6.10. The summed E-state index contributed by atoms with van der Waals surface area (Å²) in [6, 6.07) is 16.3. The van der Waals surface area contributed by atoms with Gasteiger partial charge in [-0.15, -0.1) is 0 Å². The first-order valence-corrected chi connectivity index (χ1v) is 10.3. The molecule has 0 radical (unpaired) electrons. The van der Waals surface area contributed by atoms with Crippen molar-refractivity contribution in [1.29, 1.82) is 0 Å². The van der Waals surface area contributed by atoms with Crippen LogP contribution in [-0.2, 0) is 21.9 Å². The van der Waals surface area contributed by atoms with Crippen LogP contribution < -0.4 is 10.0 Å². The van der Waals surface area contributed by atoms with Crippen molar-refractivity contribution in [2.45, 2.75) is 11.8 Å². The molecular formula is C21H18FN3O3S. The topological polar surface area (TPSA) is 80.2 Å². The number of aryl methyl sites for hydroxylation is 1. The first-order valence-electron chi connectivity index (χ1n) is 8.83. The van der Waals surface area contributed by atoms with E-state index in [1.165, 1.54) is 25.1 Å². The van der Waals surface area contributed by atoms with E-state index in [2.05, 4.69) is 10.0 Å².